The first kappa shape index (κ1) is 14.4. The second-order valence-electron chi connectivity index (χ2n) is 5.24. The van der Waals surface area contributed by atoms with Gasteiger partial charge in [0.1, 0.15) is 0 Å². The maximum absolute atomic E-state index is 12.3. The van der Waals surface area contributed by atoms with Gasteiger partial charge in [-0.1, -0.05) is 31.2 Å². The molecule has 0 aromatic heterocycles. The SMILES string of the molecule is CCNC(CCC(F)(F)F)CC1Cc2ccccc21. The first-order chi connectivity index (χ1) is 8.99. The van der Waals surface area contributed by atoms with Gasteiger partial charge in [-0.25, -0.2) is 0 Å². The summed E-state index contributed by atoms with van der Waals surface area (Å²) >= 11 is 0. The van der Waals surface area contributed by atoms with E-state index < -0.39 is 12.6 Å². The van der Waals surface area contributed by atoms with Gasteiger partial charge in [0.25, 0.3) is 0 Å². The van der Waals surface area contributed by atoms with Gasteiger partial charge < -0.3 is 5.32 Å². The molecule has 2 rings (SSSR count). The molecule has 0 fully saturated rings. The molecule has 0 spiro atoms. The average molecular weight is 271 g/mol. The topological polar surface area (TPSA) is 12.0 Å². The number of alkyl halides is 3. The highest BCUT2D eigenvalue weighted by Gasteiger charge is 2.31. The molecule has 1 nitrogen and oxygen atoms in total. The van der Waals surface area contributed by atoms with Gasteiger partial charge in [-0.15, -0.1) is 0 Å². The Morgan fingerprint density at radius 1 is 1.32 bits per heavy atom. The Labute approximate surface area is 112 Å². The summed E-state index contributed by atoms with van der Waals surface area (Å²) in [6.07, 6.45) is -2.76. The highest BCUT2D eigenvalue weighted by atomic mass is 19.4. The molecule has 0 radical (unpaired) electrons. The van der Waals surface area contributed by atoms with Gasteiger partial charge >= 0.3 is 6.18 Å². The molecule has 1 N–H and O–H groups in total. The number of benzene rings is 1. The minimum absolute atomic E-state index is 0.0371. The molecular weight excluding hydrogens is 251 g/mol. The van der Waals surface area contributed by atoms with Gasteiger partial charge in [0.15, 0.2) is 0 Å². The maximum atomic E-state index is 12.3. The van der Waals surface area contributed by atoms with Crippen LogP contribution >= 0.6 is 0 Å². The Kier molecular flexibility index (Phi) is 4.50. The summed E-state index contributed by atoms with van der Waals surface area (Å²) in [5.74, 6) is 0.425. The second kappa shape index (κ2) is 5.95. The van der Waals surface area contributed by atoms with Crippen LogP contribution in [0.2, 0.25) is 0 Å². The van der Waals surface area contributed by atoms with Crippen molar-refractivity contribution in [2.75, 3.05) is 6.54 Å². The maximum Gasteiger partial charge on any atom is 0.389 e. The lowest BCUT2D eigenvalue weighted by Crippen LogP contribution is -2.34. The van der Waals surface area contributed by atoms with Crippen molar-refractivity contribution in [3.63, 3.8) is 0 Å². The van der Waals surface area contributed by atoms with Crippen LogP contribution in [-0.4, -0.2) is 18.8 Å². The van der Waals surface area contributed by atoms with Crippen LogP contribution < -0.4 is 5.32 Å². The third-order valence-corrected chi connectivity index (χ3v) is 3.80. The molecule has 4 heteroatoms. The molecule has 106 valence electrons. The fourth-order valence-electron chi connectivity index (χ4n) is 2.85. The molecule has 0 aliphatic heterocycles. The molecular formula is C15H20F3N. The van der Waals surface area contributed by atoms with Crippen molar-refractivity contribution in [1.82, 2.24) is 5.32 Å². The van der Waals surface area contributed by atoms with Crippen LogP contribution in [0.4, 0.5) is 13.2 Å². The van der Waals surface area contributed by atoms with Crippen molar-refractivity contribution in [3.05, 3.63) is 35.4 Å². The summed E-state index contributed by atoms with van der Waals surface area (Å²) in [6.45, 7) is 2.66. The molecule has 19 heavy (non-hydrogen) atoms. The van der Waals surface area contributed by atoms with Gasteiger partial charge in [0.05, 0.1) is 0 Å². The Bertz CT molecular complexity index is 414. The summed E-state index contributed by atoms with van der Waals surface area (Å²) < 4.78 is 36.9. The van der Waals surface area contributed by atoms with Crippen LogP contribution in [0.1, 0.15) is 43.2 Å². The highest BCUT2D eigenvalue weighted by molar-refractivity contribution is 5.39. The third-order valence-electron chi connectivity index (χ3n) is 3.80. The predicted molar refractivity (Wildman–Crippen MR) is 70.3 cm³/mol. The molecule has 2 unspecified atom stereocenters. The molecule has 1 aromatic rings. The molecule has 2 atom stereocenters. The van der Waals surface area contributed by atoms with Crippen molar-refractivity contribution in [2.45, 2.75) is 50.7 Å². The molecule has 0 heterocycles. The molecule has 0 amide bonds. The molecule has 0 saturated heterocycles. The Balaban J connectivity index is 1.88. The number of rotatable bonds is 6. The summed E-state index contributed by atoms with van der Waals surface area (Å²) in [6, 6.07) is 8.17. The van der Waals surface area contributed by atoms with E-state index in [1.54, 1.807) is 0 Å². The summed E-state index contributed by atoms with van der Waals surface area (Å²) in [4.78, 5) is 0. The van der Waals surface area contributed by atoms with E-state index in [1.807, 2.05) is 19.1 Å². The third kappa shape index (κ3) is 3.96. The van der Waals surface area contributed by atoms with Gasteiger partial charge in [-0.05, 0) is 42.9 Å². The zero-order valence-electron chi connectivity index (χ0n) is 11.1. The fourth-order valence-corrected chi connectivity index (χ4v) is 2.85. The molecule has 1 aromatic carbocycles. The summed E-state index contributed by atoms with van der Waals surface area (Å²) in [5, 5.41) is 3.19. The van der Waals surface area contributed by atoms with Crippen LogP contribution in [-0.2, 0) is 6.42 Å². The van der Waals surface area contributed by atoms with Crippen molar-refractivity contribution in [3.8, 4) is 0 Å². The smallest absolute Gasteiger partial charge is 0.314 e. The normalized spacial score (nSPS) is 19.7. The number of fused-ring (bicyclic) bond motifs is 1. The molecule has 0 saturated carbocycles. The zero-order valence-corrected chi connectivity index (χ0v) is 11.1. The second-order valence-corrected chi connectivity index (χ2v) is 5.24. The predicted octanol–water partition coefficient (Wildman–Crippen LogP) is 4.04. The lowest BCUT2D eigenvalue weighted by molar-refractivity contribution is -0.136. The quantitative estimate of drug-likeness (QED) is 0.823. The van der Waals surface area contributed by atoms with E-state index in [2.05, 4.69) is 17.4 Å². The van der Waals surface area contributed by atoms with Crippen LogP contribution in [0.3, 0.4) is 0 Å². The average Bonchev–Trinajstić information content (AvgIpc) is 2.32. The van der Waals surface area contributed by atoms with E-state index in [0.29, 0.717) is 5.92 Å². The molecule has 0 bridgehead atoms. The van der Waals surface area contributed by atoms with Crippen LogP contribution in [0.5, 0.6) is 0 Å². The lowest BCUT2D eigenvalue weighted by Gasteiger charge is -2.33. The number of hydrogen-bond donors (Lipinski definition) is 1. The van der Waals surface area contributed by atoms with Gasteiger partial charge in [-0.3, -0.25) is 0 Å². The minimum Gasteiger partial charge on any atom is -0.314 e. The van der Waals surface area contributed by atoms with Crippen LogP contribution in [0.25, 0.3) is 0 Å². The zero-order chi connectivity index (χ0) is 13.9. The largest absolute Gasteiger partial charge is 0.389 e. The highest BCUT2D eigenvalue weighted by Crippen LogP contribution is 2.38. The first-order valence-corrected chi connectivity index (χ1v) is 6.87. The van der Waals surface area contributed by atoms with Crippen molar-refractivity contribution < 1.29 is 13.2 Å². The Hall–Kier alpha value is -1.03. The van der Waals surface area contributed by atoms with E-state index >= 15 is 0 Å². The van der Waals surface area contributed by atoms with E-state index in [-0.39, 0.29) is 12.5 Å². The summed E-state index contributed by atoms with van der Waals surface area (Å²) in [5.41, 5.74) is 2.66. The van der Waals surface area contributed by atoms with E-state index in [1.165, 1.54) is 11.1 Å². The van der Waals surface area contributed by atoms with Gasteiger partial charge in [-0.2, -0.15) is 13.2 Å². The van der Waals surface area contributed by atoms with Crippen molar-refractivity contribution in [1.29, 1.82) is 0 Å². The van der Waals surface area contributed by atoms with Crippen LogP contribution in [0, 0.1) is 0 Å². The molecule has 1 aliphatic rings. The summed E-state index contributed by atoms with van der Waals surface area (Å²) in [7, 11) is 0. The Morgan fingerprint density at radius 2 is 2.05 bits per heavy atom. The van der Waals surface area contributed by atoms with Crippen molar-refractivity contribution >= 4 is 0 Å². The molecule has 1 aliphatic carbocycles. The van der Waals surface area contributed by atoms with Gasteiger partial charge in [0.2, 0.25) is 0 Å². The van der Waals surface area contributed by atoms with Crippen LogP contribution in [0.15, 0.2) is 24.3 Å². The number of hydrogen-bond acceptors (Lipinski definition) is 1. The Morgan fingerprint density at radius 3 is 2.68 bits per heavy atom. The minimum atomic E-state index is -4.05. The monoisotopic (exact) mass is 271 g/mol. The van der Waals surface area contributed by atoms with Crippen molar-refractivity contribution in [2.24, 2.45) is 0 Å². The number of halogens is 3. The van der Waals surface area contributed by atoms with E-state index in [0.717, 1.165) is 19.4 Å². The van der Waals surface area contributed by atoms with E-state index in [4.69, 9.17) is 0 Å². The van der Waals surface area contributed by atoms with Gasteiger partial charge in [0, 0.05) is 12.5 Å². The lowest BCUT2D eigenvalue weighted by atomic mass is 9.74. The first-order valence-electron chi connectivity index (χ1n) is 6.87. The standard InChI is InChI=1S/C15H20F3N/c1-2-19-13(7-8-15(16,17)18)10-12-9-11-5-3-4-6-14(11)12/h3-6,12-13,19H,2,7-10H2,1H3. The number of nitrogens with one attached hydrogen (secondary N) is 1. The van der Waals surface area contributed by atoms with E-state index in [9.17, 15) is 13.2 Å². The fraction of sp³-hybridized carbons (Fsp3) is 0.600.